The van der Waals surface area contributed by atoms with Crippen LogP contribution in [0.1, 0.15) is 29.9 Å². The Morgan fingerprint density at radius 1 is 1.06 bits per heavy atom. The molecule has 9 heteroatoms. The molecule has 0 spiro atoms. The lowest BCUT2D eigenvalue weighted by Gasteiger charge is -2.28. The number of rotatable bonds is 10. The minimum Gasteiger partial charge on any atom is -0.464 e. The highest BCUT2D eigenvalue weighted by Gasteiger charge is 2.27. The third kappa shape index (κ3) is 6.06. The molecule has 1 atom stereocenters. The zero-order valence-corrected chi connectivity index (χ0v) is 19.1. The number of carbonyl (C=O) groups is 2. The fraction of sp³-hybridized carbons (Fsp3) is 0.500. The van der Waals surface area contributed by atoms with Crippen molar-refractivity contribution in [2.24, 2.45) is 0 Å². The van der Waals surface area contributed by atoms with Crippen LogP contribution in [-0.4, -0.2) is 67.9 Å². The Hall–Kier alpha value is -3.04. The highest BCUT2D eigenvalue weighted by Crippen LogP contribution is 2.33. The van der Waals surface area contributed by atoms with Crippen LogP contribution < -0.4 is 9.47 Å². The molecule has 1 fully saturated rings. The second-order valence-electron chi connectivity index (χ2n) is 8.29. The Balaban J connectivity index is 1.50. The summed E-state index contributed by atoms with van der Waals surface area (Å²) in [5.74, 6) is 2.36. The number of aryl methyl sites for hydroxylation is 1. The summed E-state index contributed by atoms with van der Waals surface area (Å²) in [5, 5.41) is 0. The molecule has 2 aliphatic heterocycles. The number of hydrogen-bond acceptors (Lipinski definition) is 7. The van der Waals surface area contributed by atoms with Gasteiger partial charge in [0.2, 0.25) is 18.6 Å². The molecule has 1 aromatic carbocycles. The van der Waals surface area contributed by atoms with Gasteiger partial charge in [0, 0.05) is 26.8 Å². The summed E-state index contributed by atoms with van der Waals surface area (Å²) in [6, 6.07) is 9.33. The zero-order valence-electron chi connectivity index (χ0n) is 19.1. The largest absolute Gasteiger partial charge is 0.464 e. The average molecular weight is 459 g/mol. The zero-order chi connectivity index (χ0) is 23.2. The van der Waals surface area contributed by atoms with Crippen molar-refractivity contribution in [1.82, 2.24) is 9.80 Å². The van der Waals surface area contributed by atoms with Crippen LogP contribution in [0.3, 0.4) is 0 Å². The molecular formula is C24H30N2O7. The van der Waals surface area contributed by atoms with Gasteiger partial charge in [-0.1, -0.05) is 6.07 Å². The van der Waals surface area contributed by atoms with Crippen molar-refractivity contribution >= 4 is 11.8 Å². The van der Waals surface area contributed by atoms with Gasteiger partial charge in [0.25, 0.3) is 0 Å². The lowest BCUT2D eigenvalue weighted by Crippen LogP contribution is -2.46. The number of hydrogen-bond donors (Lipinski definition) is 0. The van der Waals surface area contributed by atoms with Crippen molar-refractivity contribution < 1.29 is 33.0 Å². The molecule has 9 nitrogen and oxygen atoms in total. The second-order valence-corrected chi connectivity index (χ2v) is 8.29. The van der Waals surface area contributed by atoms with Crippen LogP contribution in [0.25, 0.3) is 0 Å². The summed E-state index contributed by atoms with van der Waals surface area (Å²) in [6.07, 6.45) is 1.77. The van der Waals surface area contributed by atoms with E-state index in [4.69, 9.17) is 23.4 Å². The minimum atomic E-state index is -0.238. The van der Waals surface area contributed by atoms with Crippen LogP contribution in [0.15, 0.2) is 34.7 Å². The molecule has 0 saturated carbocycles. The molecule has 0 bridgehead atoms. The third-order valence-electron chi connectivity index (χ3n) is 5.70. The van der Waals surface area contributed by atoms with Crippen molar-refractivity contribution in [3.05, 3.63) is 47.4 Å². The summed E-state index contributed by atoms with van der Waals surface area (Å²) >= 11 is 0. The molecule has 1 saturated heterocycles. The van der Waals surface area contributed by atoms with Gasteiger partial charge in [-0.15, -0.1) is 0 Å². The third-order valence-corrected chi connectivity index (χ3v) is 5.70. The number of amides is 2. The standard InChI is InChI=1S/C24H30N2O7/c1-17-5-7-20(33-17)13-25(11-18-6-8-21-22(10-18)32-16-31-21)23(27)14-26(24(28)15-29-2)12-19-4-3-9-30-19/h5-8,10,19H,3-4,9,11-16H2,1-2H3. The molecule has 178 valence electrons. The molecule has 1 aromatic heterocycles. The molecule has 0 radical (unpaired) electrons. The fourth-order valence-electron chi connectivity index (χ4n) is 4.02. The van der Waals surface area contributed by atoms with Gasteiger partial charge in [-0.3, -0.25) is 9.59 Å². The van der Waals surface area contributed by atoms with Gasteiger partial charge in [0.15, 0.2) is 11.5 Å². The summed E-state index contributed by atoms with van der Waals surface area (Å²) in [4.78, 5) is 29.3. The molecular weight excluding hydrogens is 428 g/mol. The van der Waals surface area contributed by atoms with Gasteiger partial charge in [0.05, 0.1) is 19.2 Å². The van der Waals surface area contributed by atoms with Crippen molar-refractivity contribution in [2.45, 2.75) is 39.0 Å². The monoisotopic (exact) mass is 458 g/mol. The lowest BCUT2D eigenvalue weighted by molar-refractivity contribution is -0.144. The van der Waals surface area contributed by atoms with E-state index in [2.05, 4.69) is 0 Å². The van der Waals surface area contributed by atoms with E-state index in [-0.39, 0.29) is 44.4 Å². The normalized spacial score (nSPS) is 16.7. The van der Waals surface area contributed by atoms with E-state index >= 15 is 0 Å². The highest BCUT2D eigenvalue weighted by atomic mass is 16.7. The van der Waals surface area contributed by atoms with Crippen LogP contribution in [0.4, 0.5) is 0 Å². The maximum absolute atomic E-state index is 13.4. The van der Waals surface area contributed by atoms with Gasteiger partial charge in [0.1, 0.15) is 18.1 Å². The van der Waals surface area contributed by atoms with Crippen LogP contribution in [0.2, 0.25) is 0 Å². The maximum atomic E-state index is 13.4. The first-order valence-corrected chi connectivity index (χ1v) is 11.1. The molecule has 4 rings (SSSR count). The molecule has 1 unspecified atom stereocenters. The van der Waals surface area contributed by atoms with E-state index in [1.807, 2.05) is 37.3 Å². The van der Waals surface area contributed by atoms with Gasteiger partial charge >= 0.3 is 0 Å². The Labute approximate surface area is 193 Å². The number of benzene rings is 1. The number of carbonyl (C=O) groups excluding carboxylic acids is 2. The minimum absolute atomic E-state index is 0.0614. The number of furan rings is 1. The van der Waals surface area contributed by atoms with Crippen LogP contribution in [0.5, 0.6) is 11.5 Å². The van der Waals surface area contributed by atoms with Crippen molar-refractivity contribution in [3.8, 4) is 11.5 Å². The molecule has 33 heavy (non-hydrogen) atoms. The van der Waals surface area contributed by atoms with Gasteiger partial charge in [-0.05, 0) is 49.6 Å². The number of ether oxygens (including phenoxy) is 4. The van der Waals surface area contributed by atoms with Crippen molar-refractivity contribution in [3.63, 3.8) is 0 Å². The van der Waals surface area contributed by atoms with E-state index in [0.717, 1.165) is 24.2 Å². The summed E-state index contributed by atoms with van der Waals surface area (Å²) < 4.78 is 27.3. The van der Waals surface area contributed by atoms with E-state index < -0.39 is 0 Å². The number of fused-ring (bicyclic) bond motifs is 1. The van der Waals surface area contributed by atoms with E-state index in [9.17, 15) is 9.59 Å². The van der Waals surface area contributed by atoms with E-state index in [1.54, 1.807) is 4.90 Å². The Morgan fingerprint density at radius 2 is 1.91 bits per heavy atom. The number of methoxy groups -OCH3 is 1. The Bertz CT molecular complexity index is 967. The van der Waals surface area contributed by atoms with Crippen LogP contribution in [0, 0.1) is 6.92 Å². The summed E-state index contributed by atoms with van der Waals surface area (Å²) in [5.41, 5.74) is 0.893. The topological polar surface area (TPSA) is 90.7 Å². The maximum Gasteiger partial charge on any atom is 0.249 e. The molecule has 0 N–H and O–H groups in total. The van der Waals surface area contributed by atoms with Crippen LogP contribution >= 0.6 is 0 Å². The van der Waals surface area contributed by atoms with Gasteiger partial charge < -0.3 is 33.2 Å². The summed E-state index contributed by atoms with van der Waals surface area (Å²) in [7, 11) is 1.47. The molecule has 3 heterocycles. The highest BCUT2D eigenvalue weighted by molar-refractivity contribution is 5.85. The Morgan fingerprint density at radius 3 is 2.64 bits per heavy atom. The Kier molecular flexibility index (Phi) is 7.51. The second kappa shape index (κ2) is 10.7. The molecule has 2 aromatic rings. The average Bonchev–Trinajstić information content (AvgIpc) is 3.55. The van der Waals surface area contributed by atoms with Crippen molar-refractivity contribution in [2.75, 3.05) is 40.2 Å². The smallest absolute Gasteiger partial charge is 0.249 e. The van der Waals surface area contributed by atoms with Gasteiger partial charge in [-0.25, -0.2) is 0 Å². The van der Waals surface area contributed by atoms with Crippen LogP contribution in [-0.2, 0) is 32.2 Å². The fourth-order valence-corrected chi connectivity index (χ4v) is 4.02. The molecule has 0 aliphatic carbocycles. The van der Waals surface area contributed by atoms with Crippen molar-refractivity contribution in [1.29, 1.82) is 0 Å². The van der Waals surface area contributed by atoms with Gasteiger partial charge in [-0.2, -0.15) is 0 Å². The quantitative estimate of drug-likeness (QED) is 0.540. The number of nitrogens with zero attached hydrogens (tertiary/aromatic N) is 2. The SMILES string of the molecule is COCC(=O)N(CC(=O)N(Cc1ccc2c(c1)OCO2)Cc1ccc(C)o1)CC1CCCO1. The first-order chi connectivity index (χ1) is 16.0. The lowest BCUT2D eigenvalue weighted by atomic mass is 10.1. The predicted molar refractivity (Wildman–Crippen MR) is 118 cm³/mol. The molecule has 2 aliphatic rings. The summed E-state index contributed by atoms with van der Waals surface area (Å²) in [6.45, 7) is 3.57. The molecule has 2 amide bonds. The first kappa shape index (κ1) is 23.1. The predicted octanol–water partition coefficient (Wildman–Crippen LogP) is 2.50. The van der Waals surface area contributed by atoms with E-state index in [1.165, 1.54) is 12.0 Å². The first-order valence-electron chi connectivity index (χ1n) is 11.1. The van der Waals surface area contributed by atoms with E-state index in [0.29, 0.717) is 37.0 Å².